The van der Waals surface area contributed by atoms with E-state index in [1.165, 1.54) is 6.42 Å². The van der Waals surface area contributed by atoms with E-state index < -0.39 is 5.60 Å². The normalized spacial score (nSPS) is 16.9. The lowest BCUT2D eigenvalue weighted by atomic mass is 10.0. The average molecular weight is 816 g/mol. The van der Waals surface area contributed by atoms with Crippen molar-refractivity contribution < 1.29 is 37.3 Å². The number of pyridine rings is 2. The molecule has 1 amide bonds. The average Bonchev–Trinajstić information content (AvgIpc) is 3.86. The molecule has 2 atom stereocenters. The molecular weight excluding hydrogens is 766 g/mol. The highest BCUT2D eigenvalue weighted by molar-refractivity contribution is 5.85. The Morgan fingerprint density at radius 3 is 1.79 bits per heavy atom. The highest BCUT2D eigenvalue weighted by Crippen LogP contribution is 2.31. The van der Waals surface area contributed by atoms with Crippen molar-refractivity contribution in [3.63, 3.8) is 0 Å². The molecule has 2 unspecified atom stereocenters. The molecule has 0 saturated carbocycles. The van der Waals surface area contributed by atoms with E-state index in [0.29, 0.717) is 62.0 Å². The summed E-state index contributed by atoms with van der Waals surface area (Å²) in [6, 6.07) is 19.9. The number of nitrogens with zero attached hydrogens (tertiary/aromatic N) is 7. The standard InChI is InChI=1S/C23H28N4O5.C19H21N3O3.ClH/c1-23(2,3)32-22(28)26-10-11-27(16(14-26)15-30-18-6-5-9-24-13-18)21-25-19-8-7-17(29-4)12-20(19)31-21;1-23-15-7-8-17-18(11-15)25-19(21-17)22-10-3-2-5-14(22)13-24-16-6-4-9-20-12-16;/h5-9,12-13,16H,10-11,14-15H2,1-4H3;4,6-9,11-12,14H,2-3,5,10,13H2,1H3;1H. The van der Waals surface area contributed by atoms with Gasteiger partial charge in [-0.25, -0.2) is 4.79 Å². The molecule has 0 aliphatic carbocycles. The molecule has 4 aromatic heterocycles. The second-order valence-electron chi connectivity index (χ2n) is 14.8. The summed E-state index contributed by atoms with van der Waals surface area (Å²) >= 11 is 0. The number of rotatable bonds is 10. The number of oxazole rings is 2. The van der Waals surface area contributed by atoms with Crippen LogP contribution >= 0.6 is 12.4 Å². The third-order valence-electron chi connectivity index (χ3n) is 9.58. The van der Waals surface area contributed by atoms with E-state index in [1.807, 2.05) is 86.3 Å². The van der Waals surface area contributed by atoms with Crippen LogP contribution in [0.15, 0.2) is 94.3 Å². The Balaban J connectivity index is 0.000000198. The van der Waals surface area contributed by atoms with Crippen molar-refractivity contribution in [1.29, 1.82) is 0 Å². The maximum atomic E-state index is 12.7. The number of carbonyl (C=O) groups excluding carboxylic acids is 1. The zero-order chi connectivity index (χ0) is 39.8. The number of aromatic nitrogens is 4. The number of benzene rings is 2. The molecule has 15 nitrogen and oxygen atoms in total. The zero-order valence-corrected chi connectivity index (χ0v) is 34.2. The maximum absolute atomic E-state index is 12.7. The number of piperazine rings is 1. The second kappa shape index (κ2) is 19.0. The lowest BCUT2D eigenvalue weighted by molar-refractivity contribution is 0.0198. The van der Waals surface area contributed by atoms with Crippen LogP contribution in [0.4, 0.5) is 16.8 Å². The van der Waals surface area contributed by atoms with Crippen LogP contribution in [0.3, 0.4) is 0 Å². The summed E-state index contributed by atoms with van der Waals surface area (Å²) in [6.07, 6.45) is 9.86. The van der Waals surface area contributed by atoms with Crippen LogP contribution in [0.5, 0.6) is 23.0 Å². The highest BCUT2D eigenvalue weighted by atomic mass is 35.5. The Morgan fingerprint density at radius 2 is 1.28 bits per heavy atom. The minimum atomic E-state index is -0.560. The molecule has 2 fully saturated rings. The number of halogens is 1. The number of hydrogen-bond acceptors (Lipinski definition) is 14. The molecule has 0 radical (unpaired) electrons. The molecule has 0 spiro atoms. The van der Waals surface area contributed by atoms with Crippen LogP contribution in [-0.2, 0) is 4.74 Å². The van der Waals surface area contributed by atoms with E-state index in [-0.39, 0.29) is 30.6 Å². The predicted octanol–water partition coefficient (Wildman–Crippen LogP) is 7.83. The van der Waals surface area contributed by atoms with Gasteiger partial charge in [0.2, 0.25) is 0 Å². The van der Waals surface area contributed by atoms with E-state index in [9.17, 15) is 4.79 Å². The summed E-state index contributed by atoms with van der Waals surface area (Å²) in [4.78, 5) is 36.1. The summed E-state index contributed by atoms with van der Waals surface area (Å²) in [6.45, 7) is 8.85. The predicted molar refractivity (Wildman–Crippen MR) is 222 cm³/mol. The first kappa shape index (κ1) is 41.7. The Kier molecular flexibility index (Phi) is 13.6. The van der Waals surface area contributed by atoms with Crippen molar-refractivity contribution in [2.24, 2.45) is 0 Å². The summed E-state index contributed by atoms with van der Waals surface area (Å²) in [7, 11) is 3.26. The Morgan fingerprint density at radius 1 is 0.724 bits per heavy atom. The van der Waals surface area contributed by atoms with Crippen LogP contribution in [0.25, 0.3) is 22.2 Å². The van der Waals surface area contributed by atoms with Crippen LogP contribution in [-0.4, -0.2) is 102 Å². The number of carbonyl (C=O) groups is 1. The Bertz CT molecular complexity index is 2220. The van der Waals surface area contributed by atoms with E-state index in [0.717, 1.165) is 47.5 Å². The molecule has 16 heteroatoms. The van der Waals surface area contributed by atoms with Crippen molar-refractivity contribution in [2.75, 3.05) is 63.4 Å². The second-order valence-corrected chi connectivity index (χ2v) is 14.8. The molecular formula is C42H50ClN7O8. The molecule has 6 aromatic rings. The lowest BCUT2D eigenvalue weighted by Crippen LogP contribution is -2.57. The number of ether oxygens (including phenoxy) is 5. The van der Waals surface area contributed by atoms with Crippen LogP contribution in [0.2, 0.25) is 0 Å². The lowest BCUT2D eigenvalue weighted by Gasteiger charge is -2.40. The monoisotopic (exact) mass is 815 g/mol. The van der Waals surface area contributed by atoms with Crippen LogP contribution < -0.4 is 28.7 Å². The number of methoxy groups -OCH3 is 2. The van der Waals surface area contributed by atoms with Gasteiger partial charge in [0.25, 0.3) is 12.0 Å². The van der Waals surface area contributed by atoms with Gasteiger partial charge < -0.3 is 47.2 Å². The smallest absolute Gasteiger partial charge is 0.410 e. The number of anilines is 2. The van der Waals surface area contributed by atoms with E-state index in [2.05, 4.69) is 24.8 Å². The molecule has 2 aromatic carbocycles. The van der Waals surface area contributed by atoms with Gasteiger partial charge >= 0.3 is 6.09 Å². The SMILES string of the molecule is COc1ccc2nc(N3CCCCC3COc3cccnc3)oc2c1.COc1ccc2nc(N3CCN(C(=O)OC(C)(C)C)CC3COc3cccnc3)oc2c1.Cl. The van der Waals surface area contributed by atoms with E-state index >= 15 is 0 Å². The fourth-order valence-electron chi connectivity index (χ4n) is 6.70. The molecule has 0 bridgehead atoms. The Hall–Kier alpha value is -5.96. The van der Waals surface area contributed by atoms with Gasteiger partial charge in [0.05, 0.1) is 38.7 Å². The zero-order valence-electron chi connectivity index (χ0n) is 33.4. The number of amides is 1. The van der Waals surface area contributed by atoms with Gasteiger partial charge in [-0.15, -0.1) is 12.4 Å². The summed E-state index contributed by atoms with van der Waals surface area (Å²) in [5.41, 5.74) is 2.40. The van der Waals surface area contributed by atoms with Crippen molar-refractivity contribution in [3.05, 3.63) is 85.5 Å². The van der Waals surface area contributed by atoms with Crippen LogP contribution in [0, 0.1) is 0 Å². The molecule has 58 heavy (non-hydrogen) atoms. The van der Waals surface area contributed by atoms with Gasteiger partial charge in [0, 0.05) is 50.7 Å². The van der Waals surface area contributed by atoms with Crippen molar-refractivity contribution >= 4 is 52.7 Å². The first-order chi connectivity index (χ1) is 27.7. The first-order valence-corrected chi connectivity index (χ1v) is 19.1. The first-order valence-electron chi connectivity index (χ1n) is 19.1. The topological polar surface area (TPSA) is 151 Å². The fraction of sp³-hybridized carbons (Fsp3) is 0.405. The Labute approximate surface area is 343 Å². The molecule has 8 rings (SSSR count). The molecule has 6 heterocycles. The summed E-state index contributed by atoms with van der Waals surface area (Å²) in [5.74, 6) is 2.91. The fourth-order valence-corrected chi connectivity index (χ4v) is 6.70. The van der Waals surface area contributed by atoms with Gasteiger partial charge in [-0.3, -0.25) is 9.97 Å². The minimum Gasteiger partial charge on any atom is -0.497 e. The maximum Gasteiger partial charge on any atom is 0.410 e. The molecule has 2 saturated heterocycles. The number of hydrogen-bond donors (Lipinski definition) is 0. The van der Waals surface area contributed by atoms with Gasteiger partial charge in [-0.05, 0) is 88.6 Å². The van der Waals surface area contributed by atoms with Crippen molar-refractivity contribution in [3.8, 4) is 23.0 Å². The van der Waals surface area contributed by atoms with Crippen molar-refractivity contribution in [2.45, 2.75) is 57.7 Å². The largest absolute Gasteiger partial charge is 0.497 e. The van der Waals surface area contributed by atoms with E-state index in [1.54, 1.807) is 43.9 Å². The molecule has 0 N–H and O–H groups in total. The number of fused-ring (bicyclic) bond motifs is 2. The molecule has 308 valence electrons. The van der Waals surface area contributed by atoms with Gasteiger partial charge in [-0.2, -0.15) is 9.97 Å². The summed E-state index contributed by atoms with van der Waals surface area (Å²) < 4.78 is 40.0. The van der Waals surface area contributed by atoms with Gasteiger partial charge in [-0.1, -0.05) is 0 Å². The summed E-state index contributed by atoms with van der Waals surface area (Å²) in [5, 5.41) is 0. The highest BCUT2D eigenvalue weighted by Gasteiger charge is 2.35. The molecule has 2 aliphatic heterocycles. The minimum absolute atomic E-state index is 0. The van der Waals surface area contributed by atoms with Crippen LogP contribution in [0.1, 0.15) is 40.0 Å². The van der Waals surface area contributed by atoms with Gasteiger partial charge in [0.1, 0.15) is 52.8 Å². The quantitative estimate of drug-likeness (QED) is 0.132. The molecule has 2 aliphatic rings. The number of piperidine rings is 1. The van der Waals surface area contributed by atoms with Crippen molar-refractivity contribution in [1.82, 2.24) is 24.8 Å². The van der Waals surface area contributed by atoms with E-state index in [4.69, 9.17) is 32.5 Å². The van der Waals surface area contributed by atoms with Gasteiger partial charge in [0.15, 0.2) is 11.2 Å². The third kappa shape index (κ3) is 10.5. The third-order valence-corrected chi connectivity index (χ3v) is 9.58.